The number of morpholine rings is 1. The van der Waals surface area contributed by atoms with Gasteiger partial charge in [-0.3, -0.25) is 4.79 Å². The molecule has 0 N–H and O–H groups in total. The molecule has 3 fully saturated rings. The summed E-state index contributed by atoms with van der Waals surface area (Å²) in [5.74, 6) is 0.576. The molecule has 3 aliphatic rings. The van der Waals surface area contributed by atoms with Gasteiger partial charge in [-0.2, -0.15) is 4.31 Å². The zero-order valence-electron chi connectivity index (χ0n) is 14.6. The van der Waals surface area contributed by atoms with Gasteiger partial charge in [0.15, 0.2) is 5.69 Å². The van der Waals surface area contributed by atoms with Gasteiger partial charge in [-0.15, -0.1) is 0 Å². The van der Waals surface area contributed by atoms with Crippen LogP contribution in [0.5, 0.6) is 0 Å². The van der Waals surface area contributed by atoms with E-state index in [4.69, 9.17) is 9.26 Å². The summed E-state index contributed by atoms with van der Waals surface area (Å²) in [6.45, 7) is 7.18. The molecule has 1 aromatic rings. The minimum Gasteiger partial charge on any atom is -0.365 e. The lowest BCUT2D eigenvalue weighted by molar-refractivity contribution is -0.0981. The molecule has 0 saturated carbocycles. The average Bonchev–Trinajstić information content (AvgIpc) is 3.11. The minimum atomic E-state index is -3.40. The van der Waals surface area contributed by atoms with Gasteiger partial charge < -0.3 is 14.2 Å². The molecular formula is C16H23N3O5S. The second-order valence-corrected chi connectivity index (χ2v) is 9.88. The number of carbonyl (C=O) groups is 1. The standard InChI is InChI=1S/C16H23N3O5S/c1-10(2)6-19-9-16-8-18(15(20)13-4-11(3)24-17-13)7-12(23-16)5-14(16)25(19,21)22/h4,10,12,14H,5-9H2,1-3H3/t12-,14+,16+/m0/s1. The fraction of sp³-hybridized carbons (Fsp3) is 0.750. The van der Waals surface area contributed by atoms with Crippen molar-refractivity contribution in [3.05, 3.63) is 17.5 Å². The first-order valence-corrected chi connectivity index (χ1v) is 10.1. The lowest BCUT2D eigenvalue weighted by Gasteiger charge is -2.39. The highest BCUT2D eigenvalue weighted by Crippen LogP contribution is 2.46. The smallest absolute Gasteiger partial charge is 0.276 e. The number of aromatic nitrogens is 1. The van der Waals surface area contributed by atoms with Crippen LogP contribution in [0.1, 0.15) is 36.5 Å². The second kappa shape index (κ2) is 5.52. The van der Waals surface area contributed by atoms with E-state index in [1.807, 2.05) is 13.8 Å². The van der Waals surface area contributed by atoms with E-state index in [0.717, 1.165) is 0 Å². The highest BCUT2D eigenvalue weighted by atomic mass is 32.2. The fourth-order valence-electron chi connectivity index (χ4n) is 4.30. The molecule has 3 atom stereocenters. The molecule has 138 valence electrons. The molecular weight excluding hydrogens is 346 g/mol. The third kappa shape index (κ3) is 2.60. The molecule has 1 amide bonds. The number of ether oxygens (including phenoxy) is 1. The van der Waals surface area contributed by atoms with Crippen LogP contribution in [0.4, 0.5) is 0 Å². The Morgan fingerprint density at radius 1 is 1.44 bits per heavy atom. The third-order valence-electron chi connectivity index (χ3n) is 5.21. The molecule has 1 aromatic heterocycles. The van der Waals surface area contributed by atoms with Crippen LogP contribution >= 0.6 is 0 Å². The molecule has 0 unspecified atom stereocenters. The van der Waals surface area contributed by atoms with Crippen LogP contribution in [0.3, 0.4) is 0 Å². The van der Waals surface area contributed by atoms with Crippen molar-refractivity contribution in [1.29, 1.82) is 0 Å². The van der Waals surface area contributed by atoms with Crippen LogP contribution in [-0.2, 0) is 14.8 Å². The number of sulfonamides is 1. The van der Waals surface area contributed by atoms with Gasteiger partial charge in [-0.1, -0.05) is 19.0 Å². The molecule has 0 radical (unpaired) electrons. The molecule has 0 aliphatic carbocycles. The SMILES string of the molecule is Cc1cc(C(=O)N2C[C@@H]3C[C@@H]4[C@@](C2)(CN(CC(C)C)S4(=O)=O)O3)no1. The molecule has 9 heteroatoms. The van der Waals surface area contributed by atoms with E-state index < -0.39 is 20.9 Å². The normalized spacial score (nSPS) is 33.8. The van der Waals surface area contributed by atoms with E-state index in [2.05, 4.69) is 5.16 Å². The Hall–Kier alpha value is -1.45. The maximum absolute atomic E-state index is 12.9. The first-order valence-electron chi connectivity index (χ1n) is 8.61. The lowest BCUT2D eigenvalue weighted by Crippen LogP contribution is -2.56. The number of likely N-dealkylation sites (tertiary alicyclic amines) is 1. The van der Waals surface area contributed by atoms with Crippen molar-refractivity contribution in [1.82, 2.24) is 14.4 Å². The zero-order chi connectivity index (χ0) is 18.0. The van der Waals surface area contributed by atoms with Crippen LogP contribution in [-0.4, -0.2) is 71.8 Å². The summed E-state index contributed by atoms with van der Waals surface area (Å²) < 4.78 is 38.5. The molecule has 25 heavy (non-hydrogen) atoms. The van der Waals surface area contributed by atoms with E-state index in [0.29, 0.717) is 31.8 Å². The highest BCUT2D eigenvalue weighted by molar-refractivity contribution is 7.90. The summed E-state index contributed by atoms with van der Waals surface area (Å²) in [6, 6.07) is 1.60. The molecule has 4 heterocycles. The number of amides is 1. The Morgan fingerprint density at radius 3 is 2.84 bits per heavy atom. The summed E-state index contributed by atoms with van der Waals surface area (Å²) in [6.07, 6.45) is 0.199. The van der Waals surface area contributed by atoms with Gasteiger partial charge in [0.1, 0.15) is 16.6 Å². The largest absolute Gasteiger partial charge is 0.365 e. The Balaban J connectivity index is 1.61. The van der Waals surface area contributed by atoms with Gasteiger partial charge in [0.05, 0.1) is 12.6 Å². The number of aryl methyl sites for hydroxylation is 1. The summed E-state index contributed by atoms with van der Waals surface area (Å²) in [5.41, 5.74) is -0.572. The van der Waals surface area contributed by atoms with Gasteiger partial charge in [-0.05, 0) is 19.3 Å². The Labute approximate surface area is 147 Å². The molecule has 8 nitrogen and oxygen atoms in total. The number of rotatable bonds is 3. The molecule has 3 saturated heterocycles. The topological polar surface area (TPSA) is 93.0 Å². The monoisotopic (exact) mass is 369 g/mol. The van der Waals surface area contributed by atoms with E-state index in [1.54, 1.807) is 17.9 Å². The van der Waals surface area contributed by atoms with Crippen molar-refractivity contribution in [2.75, 3.05) is 26.2 Å². The molecule has 0 aromatic carbocycles. The summed E-state index contributed by atoms with van der Waals surface area (Å²) >= 11 is 0. The van der Waals surface area contributed by atoms with Gasteiger partial charge in [0.2, 0.25) is 10.0 Å². The first-order chi connectivity index (χ1) is 11.7. The van der Waals surface area contributed by atoms with Crippen molar-refractivity contribution in [3.63, 3.8) is 0 Å². The molecule has 3 aliphatic heterocycles. The predicted molar refractivity (Wildman–Crippen MR) is 88.5 cm³/mol. The van der Waals surface area contributed by atoms with Crippen molar-refractivity contribution in [2.24, 2.45) is 5.92 Å². The lowest BCUT2D eigenvalue weighted by atomic mass is 9.99. The van der Waals surface area contributed by atoms with Gasteiger partial charge in [0.25, 0.3) is 5.91 Å². The maximum atomic E-state index is 12.9. The van der Waals surface area contributed by atoms with E-state index in [9.17, 15) is 13.2 Å². The average molecular weight is 369 g/mol. The van der Waals surface area contributed by atoms with Crippen molar-refractivity contribution >= 4 is 15.9 Å². The number of nitrogens with zero attached hydrogens (tertiary/aromatic N) is 3. The Morgan fingerprint density at radius 2 is 2.20 bits per heavy atom. The Kier molecular flexibility index (Phi) is 3.75. The zero-order valence-corrected chi connectivity index (χ0v) is 15.5. The van der Waals surface area contributed by atoms with E-state index >= 15 is 0 Å². The highest BCUT2D eigenvalue weighted by Gasteiger charge is 2.65. The van der Waals surface area contributed by atoms with Crippen LogP contribution in [0.25, 0.3) is 0 Å². The van der Waals surface area contributed by atoms with E-state index in [1.165, 1.54) is 4.31 Å². The number of fused-ring (bicyclic) bond motifs is 1. The minimum absolute atomic E-state index is 0.232. The Bertz CT molecular complexity index is 804. The van der Waals surface area contributed by atoms with Crippen molar-refractivity contribution in [3.8, 4) is 0 Å². The number of hydrogen-bond donors (Lipinski definition) is 0. The van der Waals surface area contributed by atoms with Crippen LogP contribution < -0.4 is 0 Å². The third-order valence-corrected chi connectivity index (χ3v) is 7.55. The van der Waals surface area contributed by atoms with E-state index in [-0.39, 0.29) is 30.2 Å². The van der Waals surface area contributed by atoms with Gasteiger partial charge >= 0.3 is 0 Å². The number of carbonyl (C=O) groups excluding carboxylic acids is 1. The molecule has 2 bridgehead atoms. The first kappa shape index (κ1) is 17.0. The van der Waals surface area contributed by atoms with Gasteiger partial charge in [-0.25, -0.2) is 8.42 Å². The summed E-state index contributed by atoms with van der Waals surface area (Å²) in [5, 5.41) is 3.22. The predicted octanol–water partition coefficient (Wildman–Crippen LogP) is 0.637. The fourth-order valence-corrected chi connectivity index (χ4v) is 6.77. The summed E-state index contributed by atoms with van der Waals surface area (Å²) in [4.78, 5) is 14.4. The van der Waals surface area contributed by atoms with Crippen LogP contribution in [0.15, 0.2) is 10.6 Å². The molecule has 4 rings (SSSR count). The van der Waals surface area contributed by atoms with Crippen LogP contribution in [0, 0.1) is 12.8 Å². The van der Waals surface area contributed by atoms with Crippen molar-refractivity contribution < 1.29 is 22.5 Å². The van der Waals surface area contributed by atoms with Crippen LogP contribution in [0.2, 0.25) is 0 Å². The maximum Gasteiger partial charge on any atom is 0.276 e. The second-order valence-electron chi connectivity index (χ2n) is 7.77. The van der Waals surface area contributed by atoms with Gasteiger partial charge in [0, 0.05) is 25.7 Å². The quantitative estimate of drug-likeness (QED) is 0.776. The summed E-state index contributed by atoms with van der Waals surface area (Å²) in [7, 11) is -3.40. The molecule has 1 spiro atoms. The van der Waals surface area contributed by atoms with Crippen molar-refractivity contribution in [2.45, 2.75) is 44.1 Å². The number of hydrogen-bond acceptors (Lipinski definition) is 6.